The quantitative estimate of drug-likeness (QED) is 0.720. The number of amides is 1. The molecule has 0 saturated heterocycles. The normalized spacial score (nSPS) is 27.3. The summed E-state index contributed by atoms with van der Waals surface area (Å²) >= 11 is 0. The van der Waals surface area contributed by atoms with Gasteiger partial charge in [-0.15, -0.1) is 0 Å². The molecule has 2 atom stereocenters. The summed E-state index contributed by atoms with van der Waals surface area (Å²) in [6.07, 6.45) is 0.0240. The fourth-order valence-corrected chi connectivity index (χ4v) is 1.53. The molecule has 1 unspecified atom stereocenters. The fraction of sp³-hybridized carbons (Fsp3) is 0.889. The molecule has 0 spiro atoms. The fourth-order valence-electron chi connectivity index (χ4n) is 1.53. The summed E-state index contributed by atoms with van der Waals surface area (Å²) in [4.78, 5) is 11.3. The second kappa shape index (κ2) is 4.21. The summed E-state index contributed by atoms with van der Waals surface area (Å²) in [6, 6.07) is -0.697. The summed E-state index contributed by atoms with van der Waals surface area (Å²) in [5, 5.41) is 5.36. The second-order valence-electron chi connectivity index (χ2n) is 3.81. The Kier molecular flexibility index (Phi) is 3.42. The summed E-state index contributed by atoms with van der Waals surface area (Å²) < 4.78 is 25.5. The molecule has 3 nitrogen and oxygen atoms in total. The number of hydrogen-bond donors (Lipinski definition) is 2. The molecule has 5 heteroatoms. The van der Waals surface area contributed by atoms with E-state index in [0.29, 0.717) is 6.42 Å². The van der Waals surface area contributed by atoms with Crippen LogP contribution in [0.15, 0.2) is 0 Å². The molecule has 1 fully saturated rings. The van der Waals surface area contributed by atoms with Crippen molar-refractivity contribution < 1.29 is 13.6 Å². The Hall–Kier alpha value is -0.710. The first-order valence-corrected chi connectivity index (χ1v) is 4.80. The van der Waals surface area contributed by atoms with Crippen molar-refractivity contribution in [3.8, 4) is 0 Å². The van der Waals surface area contributed by atoms with Gasteiger partial charge in [0.25, 0.3) is 0 Å². The molecule has 82 valence electrons. The highest BCUT2D eigenvalue weighted by atomic mass is 19.3. The van der Waals surface area contributed by atoms with Gasteiger partial charge in [-0.05, 0) is 20.4 Å². The summed E-state index contributed by atoms with van der Waals surface area (Å²) in [7, 11) is 1.66. The van der Waals surface area contributed by atoms with E-state index in [2.05, 4.69) is 10.6 Å². The summed E-state index contributed by atoms with van der Waals surface area (Å²) in [5.74, 6) is -2.81. The molecule has 1 amide bonds. The van der Waals surface area contributed by atoms with Crippen LogP contribution >= 0.6 is 0 Å². The third-order valence-electron chi connectivity index (χ3n) is 2.58. The lowest BCUT2D eigenvalue weighted by Gasteiger charge is -2.16. The van der Waals surface area contributed by atoms with Crippen molar-refractivity contribution in [3.63, 3.8) is 0 Å². The molecule has 14 heavy (non-hydrogen) atoms. The molecule has 0 aromatic carbocycles. The zero-order chi connectivity index (χ0) is 10.8. The molecular formula is C9H16F2N2O. The number of nitrogens with one attached hydrogen (secondary N) is 2. The molecule has 0 aliphatic heterocycles. The average molecular weight is 206 g/mol. The van der Waals surface area contributed by atoms with Gasteiger partial charge in [-0.3, -0.25) is 4.79 Å². The first-order chi connectivity index (χ1) is 6.44. The summed E-state index contributed by atoms with van der Waals surface area (Å²) in [6.45, 7) is 1.70. The standard InChI is InChI=1S/C9H16F2N2O/c1-6(12-2)8(14)13-7-3-4-9(10,11)5-7/h6-7,12H,3-5H2,1-2H3,(H,13,14)/t6-,7?/m0/s1. The van der Waals surface area contributed by atoms with Crippen molar-refractivity contribution in [2.45, 2.75) is 44.2 Å². The predicted octanol–water partition coefficient (Wildman–Crippen LogP) is 0.898. The van der Waals surface area contributed by atoms with Crippen LogP contribution in [0.1, 0.15) is 26.2 Å². The van der Waals surface area contributed by atoms with Gasteiger partial charge in [0.2, 0.25) is 11.8 Å². The van der Waals surface area contributed by atoms with Crippen molar-refractivity contribution in [1.82, 2.24) is 10.6 Å². The van der Waals surface area contributed by atoms with Crippen molar-refractivity contribution in [3.05, 3.63) is 0 Å². The number of hydrogen-bond acceptors (Lipinski definition) is 2. The van der Waals surface area contributed by atoms with E-state index in [1.54, 1.807) is 14.0 Å². The monoisotopic (exact) mass is 206 g/mol. The third kappa shape index (κ3) is 2.90. The Labute approximate surface area is 82.2 Å². The Balaban J connectivity index is 2.36. The number of likely N-dealkylation sites (N-methyl/N-ethyl adjacent to an activating group) is 1. The van der Waals surface area contributed by atoms with Crippen molar-refractivity contribution >= 4 is 5.91 Å². The molecule has 1 aliphatic carbocycles. The van der Waals surface area contributed by atoms with Crippen molar-refractivity contribution in [2.24, 2.45) is 0 Å². The Morgan fingerprint density at radius 3 is 2.64 bits per heavy atom. The maximum atomic E-state index is 12.8. The number of carbonyl (C=O) groups is 1. The van der Waals surface area contributed by atoms with Crippen LogP contribution in [0, 0.1) is 0 Å². The molecule has 0 heterocycles. The largest absolute Gasteiger partial charge is 0.352 e. The minimum absolute atomic E-state index is 0.119. The van der Waals surface area contributed by atoms with Crippen LogP contribution in [-0.2, 0) is 4.79 Å². The third-order valence-corrected chi connectivity index (χ3v) is 2.58. The molecule has 0 radical (unpaired) electrons. The summed E-state index contributed by atoms with van der Waals surface area (Å²) in [5.41, 5.74) is 0. The Morgan fingerprint density at radius 1 is 1.57 bits per heavy atom. The first kappa shape index (κ1) is 11.4. The SMILES string of the molecule is CN[C@@H](C)C(=O)NC1CCC(F)(F)C1. The van der Waals surface area contributed by atoms with Crippen LogP contribution in [0.2, 0.25) is 0 Å². The van der Waals surface area contributed by atoms with Crippen LogP contribution in [-0.4, -0.2) is 31.0 Å². The van der Waals surface area contributed by atoms with Crippen LogP contribution in [0.5, 0.6) is 0 Å². The zero-order valence-electron chi connectivity index (χ0n) is 8.44. The number of halogens is 2. The van der Waals surface area contributed by atoms with Gasteiger partial charge in [-0.2, -0.15) is 0 Å². The van der Waals surface area contributed by atoms with Gasteiger partial charge in [0.1, 0.15) is 0 Å². The highest BCUT2D eigenvalue weighted by Gasteiger charge is 2.40. The highest BCUT2D eigenvalue weighted by Crippen LogP contribution is 2.34. The van der Waals surface area contributed by atoms with E-state index in [1.165, 1.54) is 0 Å². The Morgan fingerprint density at radius 2 is 2.21 bits per heavy atom. The van der Waals surface area contributed by atoms with E-state index in [0.717, 1.165) is 0 Å². The zero-order valence-corrected chi connectivity index (χ0v) is 8.44. The van der Waals surface area contributed by atoms with Crippen LogP contribution in [0.25, 0.3) is 0 Å². The van der Waals surface area contributed by atoms with E-state index < -0.39 is 5.92 Å². The minimum atomic E-state index is -2.60. The Bertz CT molecular complexity index is 221. The van der Waals surface area contributed by atoms with Crippen molar-refractivity contribution in [2.75, 3.05) is 7.05 Å². The average Bonchev–Trinajstić information content (AvgIpc) is 2.44. The molecule has 0 bridgehead atoms. The van der Waals surface area contributed by atoms with Gasteiger partial charge >= 0.3 is 0 Å². The van der Waals surface area contributed by atoms with E-state index in [9.17, 15) is 13.6 Å². The number of carbonyl (C=O) groups excluding carboxylic acids is 1. The van der Waals surface area contributed by atoms with Gasteiger partial charge in [-0.25, -0.2) is 8.78 Å². The van der Waals surface area contributed by atoms with E-state index in [1.807, 2.05) is 0 Å². The lowest BCUT2D eigenvalue weighted by atomic mass is 10.2. The topological polar surface area (TPSA) is 41.1 Å². The maximum Gasteiger partial charge on any atom is 0.250 e. The molecule has 1 saturated carbocycles. The van der Waals surface area contributed by atoms with Gasteiger partial charge in [0, 0.05) is 18.9 Å². The highest BCUT2D eigenvalue weighted by molar-refractivity contribution is 5.81. The molecule has 0 aromatic heterocycles. The predicted molar refractivity (Wildman–Crippen MR) is 49.3 cm³/mol. The lowest BCUT2D eigenvalue weighted by molar-refractivity contribution is -0.123. The van der Waals surface area contributed by atoms with Crippen LogP contribution in [0.3, 0.4) is 0 Å². The van der Waals surface area contributed by atoms with Gasteiger partial charge < -0.3 is 10.6 Å². The lowest BCUT2D eigenvalue weighted by Crippen LogP contribution is -2.44. The number of alkyl halides is 2. The van der Waals surface area contributed by atoms with Crippen molar-refractivity contribution in [1.29, 1.82) is 0 Å². The first-order valence-electron chi connectivity index (χ1n) is 4.80. The maximum absolute atomic E-state index is 12.8. The molecular weight excluding hydrogens is 190 g/mol. The smallest absolute Gasteiger partial charge is 0.250 e. The van der Waals surface area contributed by atoms with Crippen LogP contribution < -0.4 is 10.6 Å². The molecule has 1 aliphatic rings. The van der Waals surface area contributed by atoms with Crippen LogP contribution in [0.4, 0.5) is 8.78 Å². The van der Waals surface area contributed by atoms with Gasteiger partial charge in [-0.1, -0.05) is 0 Å². The molecule has 2 N–H and O–H groups in total. The van der Waals surface area contributed by atoms with Gasteiger partial charge in [0.05, 0.1) is 6.04 Å². The van der Waals surface area contributed by atoms with E-state index >= 15 is 0 Å². The molecule has 0 aromatic rings. The van der Waals surface area contributed by atoms with E-state index in [4.69, 9.17) is 0 Å². The van der Waals surface area contributed by atoms with Gasteiger partial charge in [0.15, 0.2) is 0 Å². The van der Waals surface area contributed by atoms with E-state index in [-0.39, 0.29) is 30.8 Å². The number of rotatable bonds is 3. The molecule has 1 rings (SSSR count). The minimum Gasteiger partial charge on any atom is -0.352 e. The second-order valence-corrected chi connectivity index (χ2v) is 3.81.